The summed E-state index contributed by atoms with van der Waals surface area (Å²) < 4.78 is 0. The summed E-state index contributed by atoms with van der Waals surface area (Å²) in [5.41, 5.74) is 1.38. The van der Waals surface area contributed by atoms with E-state index in [1.165, 1.54) is 12.5 Å². The van der Waals surface area contributed by atoms with Crippen LogP contribution in [-0.4, -0.2) is 22.6 Å². The lowest BCUT2D eigenvalue weighted by Gasteiger charge is -2.36. The molecule has 1 fully saturated rings. The van der Waals surface area contributed by atoms with Gasteiger partial charge in [-0.25, -0.2) is 0 Å². The topological polar surface area (TPSA) is 66.6 Å². The molecule has 20 heavy (non-hydrogen) atoms. The number of nitro groups is 1. The quantitative estimate of drug-likeness (QED) is 0.677. The van der Waals surface area contributed by atoms with Crippen LogP contribution >= 0.6 is 0 Å². The van der Waals surface area contributed by atoms with Crippen LogP contribution in [0.2, 0.25) is 0 Å². The van der Waals surface area contributed by atoms with Crippen LogP contribution < -0.4 is 4.90 Å². The molecule has 110 valence electrons. The van der Waals surface area contributed by atoms with E-state index in [0.717, 1.165) is 25.8 Å². The van der Waals surface area contributed by atoms with E-state index in [-0.39, 0.29) is 10.6 Å². The number of anilines is 1. The van der Waals surface area contributed by atoms with E-state index < -0.39 is 6.10 Å². The Bertz CT molecular complexity index is 488. The molecule has 1 heterocycles. The lowest BCUT2D eigenvalue weighted by molar-refractivity contribution is -0.384. The monoisotopic (exact) mass is 278 g/mol. The molecule has 1 aromatic carbocycles. The van der Waals surface area contributed by atoms with Gasteiger partial charge in [-0.1, -0.05) is 13.0 Å². The summed E-state index contributed by atoms with van der Waals surface area (Å²) in [6.45, 7) is 4.61. The predicted octanol–water partition coefficient (Wildman–Crippen LogP) is 3.42. The summed E-state index contributed by atoms with van der Waals surface area (Å²) in [6.07, 6.45) is 3.66. The van der Waals surface area contributed by atoms with Gasteiger partial charge in [-0.05, 0) is 44.2 Å². The molecule has 0 saturated carbocycles. The van der Waals surface area contributed by atoms with E-state index in [2.05, 4.69) is 11.8 Å². The fourth-order valence-electron chi connectivity index (χ4n) is 2.93. The SMILES string of the molecule is CCC1CCCCN1c1ccc(C(C)O)cc1[N+](=O)[O-]. The fraction of sp³-hybridized carbons (Fsp3) is 0.600. The van der Waals surface area contributed by atoms with Crippen LogP contribution in [0, 0.1) is 10.1 Å². The maximum atomic E-state index is 11.3. The summed E-state index contributed by atoms with van der Waals surface area (Å²) in [6, 6.07) is 5.45. The second-order valence-electron chi connectivity index (χ2n) is 5.43. The average molecular weight is 278 g/mol. The number of rotatable bonds is 4. The molecule has 0 amide bonds. The van der Waals surface area contributed by atoms with Gasteiger partial charge in [0.2, 0.25) is 0 Å². The van der Waals surface area contributed by atoms with Crippen molar-refractivity contribution < 1.29 is 10.0 Å². The van der Waals surface area contributed by atoms with Crippen molar-refractivity contribution in [3.63, 3.8) is 0 Å². The Labute approximate surface area is 119 Å². The zero-order valence-electron chi connectivity index (χ0n) is 12.1. The Morgan fingerprint density at radius 2 is 2.25 bits per heavy atom. The van der Waals surface area contributed by atoms with Gasteiger partial charge < -0.3 is 10.0 Å². The summed E-state index contributed by atoms with van der Waals surface area (Å²) in [4.78, 5) is 13.1. The predicted molar refractivity (Wildman–Crippen MR) is 79.0 cm³/mol. The molecule has 0 spiro atoms. The maximum absolute atomic E-state index is 11.3. The van der Waals surface area contributed by atoms with E-state index in [9.17, 15) is 15.2 Å². The first-order chi connectivity index (χ1) is 9.54. The highest BCUT2D eigenvalue weighted by molar-refractivity contribution is 5.65. The number of hydrogen-bond donors (Lipinski definition) is 1. The molecule has 1 N–H and O–H groups in total. The van der Waals surface area contributed by atoms with Crippen molar-refractivity contribution in [1.82, 2.24) is 0 Å². The minimum atomic E-state index is -0.689. The number of benzene rings is 1. The van der Waals surface area contributed by atoms with Crippen molar-refractivity contribution in [2.75, 3.05) is 11.4 Å². The number of aliphatic hydroxyl groups is 1. The van der Waals surface area contributed by atoms with Crippen LogP contribution in [0.1, 0.15) is 51.2 Å². The van der Waals surface area contributed by atoms with Gasteiger partial charge in [0.1, 0.15) is 5.69 Å². The Balaban J connectivity index is 2.41. The number of nitro benzene ring substituents is 1. The molecule has 0 bridgehead atoms. The molecule has 0 aromatic heterocycles. The van der Waals surface area contributed by atoms with Gasteiger partial charge in [-0.3, -0.25) is 10.1 Å². The largest absolute Gasteiger partial charge is 0.389 e. The molecular weight excluding hydrogens is 256 g/mol. The molecule has 1 saturated heterocycles. The van der Waals surface area contributed by atoms with Crippen molar-refractivity contribution in [2.24, 2.45) is 0 Å². The highest BCUT2D eigenvalue weighted by Crippen LogP contribution is 2.35. The van der Waals surface area contributed by atoms with Crippen LogP contribution in [0.5, 0.6) is 0 Å². The fourth-order valence-corrected chi connectivity index (χ4v) is 2.93. The van der Waals surface area contributed by atoms with E-state index >= 15 is 0 Å². The van der Waals surface area contributed by atoms with Crippen LogP contribution in [0.25, 0.3) is 0 Å². The molecule has 1 aromatic rings. The summed E-state index contributed by atoms with van der Waals surface area (Å²) >= 11 is 0. The van der Waals surface area contributed by atoms with Crippen molar-refractivity contribution in [1.29, 1.82) is 0 Å². The third kappa shape index (κ3) is 2.93. The summed E-state index contributed by atoms with van der Waals surface area (Å²) in [5, 5.41) is 20.9. The zero-order valence-corrected chi connectivity index (χ0v) is 12.1. The van der Waals surface area contributed by atoms with Gasteiger partial charge in [0.25, 0.3) is 5.69 Å². The summed E-state index contributed by atoms with van der Waals surface area (Å²) in [5.74, 6) is 0. The second-order valence-corrected chi connectivity index (χ2v) is 5.43. The molecule has 1 aliphatic heterocycles. The molecule has 5 heteroatoms. The molecular formula is C15H22N2O3. The van der Waals surface area contributed by atoms with E-state index in [0.29, 0.717) is 17.3 Å². The molecule has 0 aliphatic carbocycles. The standard InChI is InChI=1S/C15H22N2O3/c1-3-13-6-4-5-9-16(13)14-8-7-12(11(2)18)10-15(14)17(19)20/h7-8,10-11,13,18H,3-6,9H2,1-2H3. The highest BCUT2D eigenvalue weighted by Gasteiger charge is 2.27. The van der Waals surface area contributed by atoms with Gasteiger partial charge in [0, 0.05) is 18.7 Å². The van der Waals surface area contributed by atoms with Crippen molar-refractivity contribution in [3.8, 4) is 0 Å². The Hall–Kier alpha value is -1.62. The number of nitrogens with zero attached hydrogens (tertiary/aromatic N) is 2. The lowest BCUT2D eigenvalue weighted by Crippen LogP contribution is -2.39. The molecule has 5 nitrogen and oxygen atoms in total. The van der Waals surface area contributed by atoms with Crippen molar-refractivity contribution in [3.05, 3.63) is 33.9 Å². The third-order valence-corrected chi connectivity index (χ3v) is 4.09. The van der Waals surface area contributed by atoms with Gasteiger partial charge in [-0.15, -0.1) is 0 Å². The van der Waals surface area contributed by atoms with E-state index in [1.54, 1.807) is 19.1 Å². The third-order valence-electron chi connectivity index (χ3n) is 4.09. The average Bonchev–Trinajstić information content (AvgIpc) is 2.46. The van der Waals surface area contributed by atoms with Crippen LogP contribution in [0.4, 0.5) is 11.4 Å². The van der Waals surface area contributed by atoms with Gasteiger partial charge >= 0.3 is 0 Å². The number of piperidine rings is 1. The van der Waals surface area contributed by atoms with Gasteiger partial charge in [0.05, 0.1) is 11.0 Å². The Morgan fingerprint density at radius 3 is 2.85 bits per heavy atom. The second kappa shape index (κ2) is 6.22. The van der Waals surface area contributed by atoms with Crippen molar-refractivity contribution in [2.45, 2.75) is 51.7 Å². The van der Waals surface area contributed by atoms with Gasteiger partial charge in [-0.2, -0.15) is 0 Å². The van der Waals surface area contributed by atoms with Crippen molar-refractivity contribution >= 4 is 11.4 Å². The number of hydrogen-bond acceptors (Lipinski definition) is 4. The molecule has 2 unspecified atom stereocenters. The molecule has 0 radical (unpaired) electrons. The van der Waals surface area contributed by atoms with Gasteiger partial charge in [0.15, 0.2) is 0 Å². The van der Waals surface area contributed by atoms with E-state index in [1.807, 2.05) is 0 Å². The molecule has 2 rings (SSSR count). The maximum Gasteiger partial charge on any atom is 0.292 e. The molecule has 1 aliphatic rings. The molecule has 2 atom stereocenters. The van der Waals surface area contributed by atoms with E-state index in [4.69, 9.17) is 0 Å². The van der Waals surface area contributed by atoms with Crippen LogP contribution in [0.15, 0.2) is 18.2 Å². The van der Waals surface area contributed by atoms with Crippen LogP contribution in [-0.2, 0) is 0 Å². The lowest BCUT2D eigenvalue weighted by atomic mass is 9.98. The summed E-state index contributed by atoms with van der Waals surface area (Å²) in [7, 11) is 0. The normalized spacial score (nSPS) is 20.8. The smallest absolute Gasteiger partial charge is 0.292 e. The first-order valence-corrected chi connectivity index (χ1v) is 7.27. The zero-order chi connectivity index (χ0) is 14.7. The Kier molecular flexibility index (Phi) is 4.60. The Morgan fingerprint density at radius 1 is 1.50 bits per heavy atom. The number of aliphatic hydroxyl groups excluding tert-OH is 1. The minimum absolute atomic E-state index is 0.101. The highest BCUT2D eigenvalue weighted by atomic mass is 16.6. The van der Waals surface area contributed by atoms with Crippen LogP contribution in [0.3, 0.4) is 0 Å². The first kappa shape index (κ1) is 14.8. The minimum Gasteiger partial charge on any atom is -0.389 e. The first-order valence-electron chi connectivity index (χ1n) is 7.27.